The Morgan fingerprint density at radius 2 is 2.00 bits per heavy atom. The van der Waals surface area contributed by atoms with Crippen LogP contribution in [0.2, 0.25) is 0 Å². The number of nitrogens with one attached hydrogen (secondary N) is 1. The lowest BCUT2D eigenvalue weighted by molar-refractivity contribution is 0.0169. The molecule has 0 aromatic rings. The average Bonchev–Trinajstić information content (AvgIpc) is 2.64. The summed E-state index contributed by atoms with van der Waals surface area (Å²) in [5.74, 6) is 0. The SMILES string of the molecule is CC.CC(C)N1C[C@@H]2NCCO[C@H]2C1. The van der Waals surface area contributed by atoms with Gasteiger partial charge in [0.15, 0.2) is 0 Å². The van der Waals surface area contributed by atoms with Gasteiger partial charge in [-0.25, -0.2) is 0 Å². The summed E-state index contributed by atoms with van der Waals surface area (Å²) in [6.45, 7) is 12.7. The summed E-state index contributed by atoms with van der Waals surface area (Å²) in [7, 11) is 0. The molecule has 0 spiro atoms. The zero-order chi connectivity index (χ0) is 10.6. The highest BCUT2D eigenvalue weighted by Crippen LogP contribution is 2.17. The number of hydrogen-bond acceptors (Lipinski definition) is 3. The second kappa shape index (κ2) is 5.69. The van der Waals surface area contributed by atoms with Crippen LogP contribution in [0, 0.1) is 0 Å². The molecule has 2 rings (SSSR count). The van der Waals surface area contributed by atoms with Gasteiger partial charge in [0.25, 0.3) is 0 Å². The maximum Gasteiger partial charge on any atom is 0.0867 e. The zero-order valence-electron chi connectivity index (χ0n) is 9.92. The third-order valence-electron chi connectivity index (χ3n) is 2.87. The van der Waals surface area contributed by atoms with E-state index in [1.165, 1.54) is 0 Å². The molecule has 2 saturated heterocycles. The maximum atomic E-state index is 5.68. The average molecular weight is 200 g/mol. The number of fused-ring (bicyclic) bond motifs is 1. The molecule has 3 heteroatoms. The van der Waals surface area contributed by atoms with Gasteiger partial charge in [-0.15, -0.1) is 0 Å². The topological polar surface area (TPSA) is 24.5 Å². The quantitative estimate of drug-likeness (QED) is 0.686. The van der Waals surface area contributed by atoms with Gasteiger partial charge in [0.2, 0.25) is 0 Å². The summed E-state index contributed by atoms with van der Waals surface area (Å²) in [6, 6.07) is 1.24. The standard InChI is InChI=1S/C9H18N2O.C2H6/c1-7(2)11-5-8-9(6-11)12-4-3-10-8;1-2/h7-10H,3-6H2,1-2H3;1-2H3/t8-,9-;/m0./s1. The van der Waals surface area contributed by atoms with Crippen molar-refractivity contribution in [1.82, 2.24) is 10.2 Å². The summed E-state index contributed by atoms with van der Waals surface area (Å²) in [5.41, 5.74) is 0. The van der Waals surface area contributed by atoms with Crippen LogP contribution in [-0.4, -0.2) is 49.3 Å². The highest BCUT2D eigenvalue weighted by molar-refractivity contribution is 4.93. The predicted molar refractivity (Wildman–Crippen MR) is 59.6 cm³/mol. The lowest BCUT2D eigenvalue weighted by atomic mass is 10.2. The lowest BCUT2D eigenvalue weighted by Crippen LogP contribution is -2.47. The molecule has 14 heavy (non-hydrogen) atoms. The molecule has 0 unspecified atom stereocenters. The van der Waals surface area contributed by atoms with Gasteiger partial charge in [-0.2, -0.15) is 0 Å². The minimum atomic E-state index is 0.446. The van der Waals surface area contributed by atoms with E-state index in [-0.39, 0.29) is 0 Å². The molecular formula is C11H24N2O. The Balaban J connectivity index is 0.000000461. The van der Waals surface area contributed by atoms with E-state index in [0.717, 1.165) is 26.2 Å². The van der Waals surface area contributed by atoms with Crippen molar-refractivity contribution >= 4 is 0 Å². The third kappa shape index (κ3) is 2.69. The molecule has 0 aliphatic carbocycles. The Morgan fingerprint density at radius 1 is 1.29 bits per heavy atom. The molecule has 1 N–H and O–H groups in total. The van der Waals surface area contributed by atoms with Gasteiger partial charge >= 0.3 is 0 Å². The van der Waals surface area contributed by atoms with Gasteiger partial charge in [-0.05, 0) is 13.8 Å². The van der Waals surface area contributed by atoms with E-state index in [0.29, 0.717) is 18.2 Å². The fraction of sp³-hybridized carbons (Fsp3) is 1.00. The fourth-order valence-corrected chi connectivity index (χ4v) is 2.04. The van der Waals surface area contributed by atoms with E-state index in [1.807, 2.05) is 13.8 Å². The Labute approximate surface area is 87.8 Å². The first-order chi connectivity index (χ1) is 6.77. The summed E-state index contributed by atoms with van der Waals surface area (Å²) >= 11 is 0. The molecule has 84 valence electrons. The highest BCUT2D eigenvalue weighted by Gasteiger charge is 2.35. The van der Waals surface area contributed by atoms with Gasteiger partial charge in [0.05, 0.1) is 12.7 Å². The monoisotopic (exact) mass is 200 g/mol. The van der Waals surface area contributed by atoms with Crippen LogP contribution in [0.25, 0.3) is 0 Å². The largest absolute Gasteiger partial charge is 0.374 e. The van der Waals surface area contributed by atoms with Crippen LogP contribution in [0.1, 0.15) is 27.7 Å². The minimum Gasteiger partial charge on any atom is -0.374 e. The van der Waals surface area contributed by atoms with E-state index in [4.69, 9.17) is 4.74 Å². The van der Waals surface area contributed by atoms with Crippen molar-refractivity contribution in [2.24, 2.45) is 0 Å². The van der Waals surface area contributed by atoms with Gasteiger partial charge in [0, 0.05) is 31.7 Å². The van der Waals surface area contributed by atoms with E-state index < -0.39 is 0 Å². The number of ether oxygens (including phenoxy) is 1. The van der Waals surface area contributed by atoms with Crippen molar-refractivity contribution in [2.75, 3.05) is 26.2 Å². The second-order valence-electron chi connectivity index (χ2n) is 4.02. The van der Waals surface area contributed by atoms with Crippen molar-refractivity contribution in [3.63, 3.8) is 0 Å². The third-order valence-corrected chi connectivity index (χ3v) is 2.87. The molecule has 3 nitrogen and oxygen atoms in total. The molecule has 0 saturated carbocycles. The fourth-order valence-electron chi connectivity index (χ4n) is 2.04. The molecule has 0 bridgehead atoms. The van der Waals surface area contributed by atoms with Gasteiger partial charge in [-0.3, -0.25) is 4.90 Å². The van der Waals surface area contributed by atoms with Crippen molar-refractivity contribution in [2.45, 2.75) is 45.9 Å². The van der Waals surface area contributed by atoms with Crippen molar-refractivity contribution in [3.05, 3.63) is 0 Å². The Hall–Kier alpha value is -0.120. The summed E-state index contributed by atoms with van der Waals surface area (Å²) in [6.07, 6.45) is 0.446. The molecule has 0 aromatic heterocycles. The van der Waals surface area contributed by atoms with E-state index in [2.05, 4.69) is 24.1 Å². The first kappa shape index (κ1) is 12.0. The van der Waals surface area contributed by atoms with E-state index in [1.54, 1.807) is 0 Å². The molecule has 0 aromatic carbocycles. The molecule has 0 amide bonds. The molecule has 2 aliphatic rings. The number of rotatable bonds is 1. The zero-order valence-corrected chi connectivity index (χ0v) is 9.92. The Morgan fingerprint density at radius 3 is 2.57 bits per heavy atom. The summed E-state index contributed by atoms with van der Waals surface area (Å²) < 4.78 is 5.68. The van der Waals surface area contributed by atoms with Crippen LogP contribution in [0.5, 0.6) is 0 Å². The van der Waals surface area contributed by atoms with Gasteiger partial charge in [-0.1, -0.05) is 13.8 Å². The summed E-state index contributed by atoms with van der Waals surface area (Å²) in [5, 5.41) is 3.50. The normalized spacial score (nSPS) is 32.4. The molecule has 2 fully saturated rings. The van der Waals surface area contributed by atoms with Gasteiger partial charge in [0.1, 0.15) is 0 Å². The number of hydrogen-bond donors (Lipinski definition) is 1. The number of nitrogens with zero attached hydrogens (tertiary/aromatic N) is 1. The molecule has 2 heterocycles. The first-order valence-corrected chi connectivity index (χ1v) is 5.86. The lowest BCUT2D eigenvalue weighted by Gasteiger charge is -2.25. The van der Waals surface area contributed by atoms with Gasteiger partial charge < -0.3 is 10.1 Å². The van der Waals surface area contributed by atoms with Crippen LogP contribution in [0.15, 0.2) is 0 Å². The predicted octanol–water partition coefficient (Wildman–Crippen LogP) is 1.09. The number of morpholine rings is 1. The van der Waals surface area contributed by atoms with Crippen LogP contribution < -0.4 is 5.32 Å². The number of likely N-dealkylation sites (tertiary alicyclic amines) is 1. The minimum absolute atomic E-state index is 0.446. The van der Waals surface area contributed by atoms with Crippen molar-refractivity contribution < 1.29 is 4.74 Å². The molecule has 0 radical (unpaired) electrons. The van der Waals surface area contributed by atoms with Crippen LogP contribution in [0.4, 0.5) is 0 Å². The van der Waals surface area contributed by atoms with Crippen LogP contribution in [-0.2, 0) is 4.74 Å². The molecule has 2 atom stereocenters. The first-order valence-electron chi connectivity index (χ1n) is 5.86. The van der Waals surface area contributed by atoms with E-state index in [9.17, 15) is 0 Å². The van der Waals surface area contributed by atoms with E-state index >= 15 is 0 Å². The Bertz CT molecular complexity index is 147. The second-order valence-corrected chi connectivity index (χ2v) is 4.02. The summed E-state index contributed by atoms with van der Waals surface area (Å²) in [4.78, 5) is 2.48. The smallest absolute Gasteiger partial charge is 0.0867 e. The maximum absolute atomic E-state index is 5.68. The molecular weight excluding hydrogens is 176 g/mol. The van der Waals surface area contributed by atoms with Crippen LogP contribution in [0.3, 0.4) is 0 Å². The van der Waals surface area contributed by atoms with Crippen molar-refractivity contribution in [3.8, 4) is 0 Å². The Kier molecular flexibility index (Phi) is 4.85. The highest BCUT2D eigenvalue weighted by atomic mass is 16.5. The van der Waals surface area contributed by atoms with Crippen molar-refractivity contribution in [1.29, 1.82) is 0 Å². The van der Waals surface area contributed by atoms with Crippen LogP contribution >= 0.6 is 0 Å². The molecule has 2 aliphatic heterocycles.